The van der Waals surface area contributed by atoms with Gasteiger partial charge in [-0.3, -0.25) is 9.59 Å². The van der Waals surface area contributed by atoms with E-state index in [0.717, 1.165) is 12.8 Å². The third kappa shape index (κ3) is 13.0. The van der Waals surface area contributed by atoms with Crippen LogP contribution in [-0.2, 0) is 28.5 Å². The van der Waals surface area contributed by atoms with Crippen LogP contribution in [0.2, 0.25) is 0 Å². The molecule has 0 spiro atoms. The highest BCUT2D eigenvalue weighted by molar-refractivity contribution is 5.76. The molecule has 0 aromatic carbocycles. The Hall–Kier alpha value is -1.26. The van der Waals surface area contributed by atoms with Gasteiger partial charge in [0.25, 0.3) is 0 Å². The van der Waals surface area contributed by atoms with E-state index in [4.69, 9.17) is 29.8 Å². The standard InChI is InChI=1S/C19H36N2O7/c20-6-10-26-12-14-28-16-15-27-13-11-25-9-5-18(22)21-7-3-17(4-8-21)1-2-19(23)24/h17H,1-16,20H2,(H,23,24). The number of rotatable bonds is 17. The van der Waals surface area contributed by atoms with Crippen molar-refractivity contribution in [3.8, 4) is 0 Å². The van der Waals surface area contributed by atoms with Crippen molar-refractivity contribution in [3.05, 3.63) is 0 Å². The molecule has 1 fully saturated rings. The fourth-order valence-corrected chi connectivity index (χ4v) is 2.96. The summed E-state index contributed by atoms with van der Waals surface area (Å²) < 4.78 is 21.3. The van der Waals surface area contributed by atoms with E-state index in [0.29, 0.717) is 91.2 Å². The van der Waals surface area contributed by atoms with Gasteiger partial charge in [0, 0.05) is 26.1 Å². The number of carbonyl (C=O) groups is 2. The minimum atomic E-state index is -0.750. The molecule has 0 unspecified atom stereocenters. The van der Waals surface area contributed by atoms with Crippen LogP contribution in [0.5, 0.6) is 0 Å². The number of hydrogen-bond donors (Lipinski definition) is 2. The van der Waals surface area contributed by atoms with Crippen molar-refractivity contribution in [1.82, 2.24) is 4.90 Å². The summed E-state index contributed by atoms with van der Waals surface area (Å²) in [6, 6.07) is 0. The van der Waals surface area contributed by atoms with Gasteiger partial charge < -0.3 is 34.7 Å². The second-order valence-electron chi connectivity index (χ2n) is 6.74. The predicted octanol–water partition coefficient (Wildman–Crippen LogP) is 0.505. The van der Waals surface area contributed by atoms with Gasteiger partial charge in [-0.2, -0.15) is 0 Å². The molecule has 9 nitrogen and oxygen atoms in total. The van der Waals surface area contributed by atoms with Crippen LogP contribution < -0.4 is 5.73 Å². The summed E-state index contributed by atoms with van der Waals surface area (Å²) in [5.41, 5.74) is 5.30. The molecule has 0 atom stereocenters. The van der Waals surface area contributed by atoms with Gasteiger partial charge in [0.05, 0.1) is 59.3 Å². The van der Waals surface area contributed by atoms with E-state index in [-0.39, 0.29) is 12.3 Å². The van der Waals surface area contributed by atoms with Crippen molar-refractivity contribution in [1.29, 1.82) is 0 Å². The van der Waals surface area contributed by atoms with Gasteiger partial charge in [-0.25, -0.2) is 0 Å². The van der Waals surface area contributed by atoms with Crippen molar-refractivity contribution < 1.29 is 33.6 Å². The maximum atomic E-state index is 12.2. The molecule has 3 N–H and O–H groups in total. The van der Waals surface area contributed by atoms with E-state index in [1.54, 1.807) is 0 Å². The molecule has 0 aromatic rings. The van der Waals surface area contributed by atoms with Crippen LogP contribution in [0.25, 0.3) is 0 Å². The molecular formula is C19H36N2O7. The average molecular weight is 405 g/mol. The molecule has 0 saturated carbocycles. The second kappa shape index (κ2) is 16.7. The number of carbonyl (C=O) groups excluding carboxylic acids is 1. The zero-order chi connectivity index (χ0) is 20.5. The normalized spacial score (nSPS) is 15.1. The summed E-state index contributed by atoms with van der Waals surface area (Å²) in [6.45, 7) is 5.85. The number of amides is 1. The number of nitrogens with zero attached hydrogens (tertiary/aromatic N) is 1. The lowest BCUT2D eigenvalue weighted by Gasteiger charge is -2.32. The van der Waals surface area contributed by atoms with Gasteiger partial charge >= 0.3 is 5.97 Å². The number of piperidine rings is 1. The zero-order valence-corrected chi connectivity index (χ0v) is 16.8. The quantitative estimate of drug-likeness (QED) is 0.336. The molecular weight excluding hydrogens is 368 g/mol. The Kier molecular flexibility index (Phi) is 14.8. The molecule has 1 aliphatic heterocycles. The van der Waals surface area contributed by atoms with Crippen LogP contribution in [0.3, 0.4) is 0 Å². The summed E-state index contributed by atoms with van der Waals surface area (Å²) in [6.07, 6.45) is 3.05. The summed E-state index contributed by atoms with van der Waals surface area (Å²) in [7, 11) is 0. The highest BCUT2D eigenvalue weighted by Gasteiger charge is 2.22. The predicted molar refractivity (Wildman–Crippen MR) is 103 cm³/mol. The molecule has 0 aromatic heterocycles. The summed E-state index contributed by atoms with van der Waals surface area (Å²) in [4.78, 5) is 24.6. The Labute approximate surface area is 167 Å². The van der Waals surface area contributed by atoms with Gasteiger partial charge in [0.1, 0.15) is 0 Å². The molecule has 1 aliphatic rings. The Morgan fingerprint density at radius 1 is 0.821 bits per heavy atom. The monoisotopic (exact) mass is 404 g/mol. The second-order valence-corrected chi connectivity index (χ2v) is 6.74. The molecule has 0 bridgehead atoms. The number of carboxylic acid groups (broad SMARTS) is 1. The number of ether oxygens (including phenoxy) is 4. The smallest absolute Gasteiger partial charge is 0.303 e. The molecule has 164 valence electrons. The number of carboxylic acids is 1. The summed E-state index contributed by atoms with van der Waals surface area (Å²) in [5, 5.41) is 8.73. The Bertz CT molecular complexity index is 415. The molecule has 1 heterocycles. The molecule has 1 amide bonds. The molecule has 28 heavy (non-hydrogen) atoms. The lowest BCUT2D eigenvalue weighted by atomic mass is 9.92. The van der Waals surface area contributed by atoms with Gasteiger partial charge in [-0.05, 0) is 25.2 Å². The first-order chi connectivity index (χ1) is 13.6. The van der Waals surface area contributed by atoms with Crippen LogP contribution in [0, 0.1) is 5.92 Å². The van der Waals surface area contributed by atoms with E-state index >= 15 is 0 Å². The van der Waals surface area contributed by atoms with E-state index in [9.17, 15) is 9.59 Å². The SMILES string of the molecule is NCCOCCOCCOCCOCCC(=O)N1CCC(CCC(=O)O)CC1. The minimum Gasteiger partial charge on any atom is -0.481 e. The van der Waals surface area contributed by atoms with Crippen molar-refractivity contribution in [2.24, 2.45) is 11.7 Å². The van der Waals surface area contributed by atoms with E-state index in [1.807, 2.05) is 4.90 Å². The zero-order valence-electron chi connectivity index (χ0n) is 16.8. The van der Waals surface area contributed by atoms with Crippen molar-refractivity contribution in [2.75, 3.05) is 72.5 Å². The maximum Gasteiger partial charge on any atom is 0.303 e. The molecule has 1 saturated heterocycles. The van der Waals surface area contributed by atoms with Crippen molar-refractivity contribution in [3.63, 3.8) is 0 Å². The maximum absolute atomic E-state index is 12.2. The topological polar surface area (TPSA) is 121 Å². The Morgan fingerprint density at radius 3 is 1.82 bits per heavy atom. The third-order valence-electron chi connectivity index (χ3n) is 4.57. The fourth-order valence-electron chi connectivity index (χ4n) is 2.96. The summed E-state index contributed by atoms with van der Waals surface area (Å²) >= 11 is 0. The van der Waals surface area contributed by atoms with Crippen LogP contribution in [0.1, 0.15) is 32.1 Å². The van der Waals surface area contributed by atoms with Crippen LogP contribution >= 0.6 is 0 Å². The first-order valence-electron chi connectivity index (χ1n) is 10.1. The average Bonchev–Trinajstić information content (AvgIpc) is 2.70. The van der Waals surface area contributed by atoms with E-state index in [2.05, 4.69) is 0 Å². The molecule has 0 radical (unpaired) electrons. The first kappa shape index (κ1) is 24.8. The highest BCUT2D eigenvalue weighted by atomic mass is 16.6. The minimum absolute atomic E-state index is 0.0999. The molecule has 1 rings (SSSR count). The van der Waals surface area contributed by atoms with Crippen LogP contribution in [-0.4, -0.2) is 94.4 Å². The van der Waals surface area contributed by atoms with Gasteiger partial charge in [0.15, 0.2) is 0 Å². The number of likely N-dealkylation sites (tertiary alicyclic amines) is 1. The van der Waals surface area contributed by atoms with Crippen molar-refractivity contribution >= 4 is 11.9 Å². The van der Waals surface area contributed by atoms with Crippen molar-refractivity contribution in [2.45, 2.75) is 32.1 Å². The van der Waals surface area contributed by atoms with Gasteiger partial charge in [0.2, 0.25) is 5.91 Å². The van der Waals surface area contributed by atoms with Gasteiger partial charge in [-0.15, -0.1) is 0 Å². The highest BCUT2D eigenvalue weighted by Crippen LogP contribution is 2.22. The van der Waals surface area contributed by atoms with Crippen LogP contribution in [0.15, 0.2) is 0 Å². The number of aliphatic carboxylic acids is 1. The van der Waals surface area contributed by atoms with E-state index in [1.165, 1.54) is 0 Å². The Balaban J connectivity index is 1.87. The third-order valence-corrected chi connectivity index (χ3v) is 4.57. The lowest BCUT2D eigenvalue weighted by molar-refractivity contribution is -0.138. The largest absolute Gasteiger partial charge is 0.481 e. The van der Waals surface area contributed by atoms with Crippen LogP contribution in [0.4, 0.5) is 0 Å². The number of hydrogen-bond acceptors (Lipinski definition) is 7. The Morgan fingerprint density at radius 2 is 1.32 bits per heavy atom. The fraction of sp³-hybridized carbons (Fsp3) is 0.895. The lowest BCUT2D eigenvalue weighted by Crippen LogP contribution is -2.39. The van der Waals surface area contributed by atoms with Gasteiger partial charge in [-0.1, -0.05) is 0 Å². The van der Waals surface area contributed by atoms with E-state index < -0.39 is 5.97 Å². The molecule has 0 aliphatic carbocycles. The number of nitrogens with two attached hydrogens (primary N) is 1. The summed E-state index contributed by atoms with van der Waals surface area (Å²) in [5.74, 6) is -0.237. The molecule has 9 heteroatoms. The first-order valence-corrected chi connectivity index (χ1v) is 10.1.